The molecule has 5 heteroatoms. The molecule has 2 saturated heterocycles. The van der Waals surface area contributed by atoms with E-state index >= 15 is 0 Å². The first-order chi connectivity index (χ1) is 11.5. The van der Waals surface area contributed by atoms with Crippen molar-refractivity contribution in [2.45, 2.75) is 38.8 Å². The molecule has 0 aliphatic carbocycles. The van der Waals surface area contributed by atoms with Gasteiger partial charge in [0.15, 0.2) is 0 Å². The van der Waals surface area contributed by atoms with Crippen LogP contribution in [-0.2, 0) is 4.79 Å². The van der Waals surface area contributed by atoms with E-state index in [2.05, 4.69) is 41.1 Å². The van der Waals surface area contributed by atoms with Gasteiger partial charge in [-0.25, -0.2) is 0 Å². The molecule has 0 bridgehead atoms. The third-order valence-corrected chi connectivity index (χ3v) is 5.75. The zero-order chi connectivity index (χ0) is 17.1. The van der Waals surface area contributed by atoms with Gasteiger partial charge in [-0.05, 0) is 50.9 Å². The van der Waals surface area contributed by atoms with E-state index in [9.17, 15) is 4.79 Å². The van der Waals surface area contributed by atoms with E-state index in [0.29, 0.717) is 18.0 Å². The number of amides is 1. The Morgan fingerprint density at radius 3 is 2.50 bits per heavy atom. The number of carbonyl (C=O) groups is 1. The number of rotatable bonds is 3. The standard InChI is InChI=1S/C19H28ClN3O/c1-14-13-17(7-8-21-14)19(24)23-11-9-22(10-12-23)15(2)16-3-5-18(20)6-4-16/h3-6,14-15,17,21H,7-13H2,1-2H3/t14-,15?,17-/m0/s1. The number of hydrogen-bond donors (Lipinski definition) is 1. The number of nitrogens with one attached hydrogen (secondary N) is 1. The van der Waals surface area contributed by atoms with Crippen LogP contribution >= 0.6 is 11.6 Å². The Hall–Kier alpha value is -1.10. The van der Waals surface area contributed by atoms with Gasteiger partial charge >= 0.3 is 0 Å². The average Bonchev–Trinajstić information content (AvgIpc) is 2.61. The number of piperazine rings is 1. The normalized spacial score (nSPS) is 27.0. The molecule has 2 aliphatic heterocycles. The molecule has 132 valence electrons. The maximum Gasteiger partial charge on any atom is 0.225 e. The molecule has 1 aromatic carbocycles. The van der Waals surface area contributed by atoms with Crippen LogP contribution in [0.2, 0.25) is 5.02 Å². The molecule has 2 aliphatic rings. The summed E-state index contributed by atoms with van der Waals surface area (Å²) >= 11 is 5.98. The van der Waals surface area contributed by atoms with Crippen molar-refractivity contribution in [3.05, 3.63) is 34.9 Å². The van der Waals surface area contributed by atoms with E-state index in [4.69, 9.17) is 11.6 Å². The van der Waals surface area contributed by atoms with E-state index in [1.54, 1.807) is 0 Å². The van der Waals surface area contributed by atoms with Crippen LogP contribution in [0.3, 0.4) is 0 Å². The second-order valence-electron chi connectivity index (χ2n) is 7.17. The van der Waals surface area contributed by atoms with Crippen molar-refractivity contribution in [3.63, 3.8) is 0 Å². The van der Waals surface area contributed by atoms with Gasteiger partial charge in [0.1, 0.15) is 0 Å². The van der Waals surface area contributed by atoms with Crippen LogP contribution in [0.1, 0.15) is 38.3 Å². The maximum atomic E-state index is 12.7. The van der Waals surface area contributed by atoms with Crippen molar-refractivity contribution in [1.82, 2.24) is 15.1 Å². The molecule has 3 rings (SSSR count). The summed E-state index contributed by atoms with van der Waals surface area (Å²) in [7, 11) is 0. The SMILES string of the molecule is CC(c1ccc(Cl)cc1)N1CCN(C(=O)[C@H]2CCN[C@@H](C)C2)CC1. The predicted octanol–water partition coefficient (Wildman–Crippen LogP) is 2.93. The topological polar surface area (TPSA) is 35.6 Å². The van der Waals surface area contributed by atoms with Gasteiger partial charge in [0.2, 0.25) is 5.91 Å². The van der Waals surface area contributed by atoms with Crippen molar-refractivity contribution in [1.29, 1.82) is 0 Å². The minimum atomic E-state index is 0.210. The Morgan fingerprint density at radius 1 is 1.21 bits per heavy atom. The zero-order valence-corrected chi connectivity index (χ0v) is 15.4. The molecule has 4 nitrogen and oxygen atoms in total. The predicted molar refractivity (Wildman–Crippen MR) is 98.2 cm³/mol. The van der Waals surface area contributed by atoms with Crippen molar-refractivity contribution in [3.8, 4) is 0 Å². The lowest BCUT2D eigenvalue weighted by atomic mass is 9.91. The van der Waals surface area contributed by atoms with Gasteiger partial charge in [-0.2, -0.15) is 0 Å². The summed E-state index contributed by atoms with van der Waals surface area (Å²) in [5.41, 5.74) is 1.28. The highest BCUT2D eigenvalue weighted by atomic mass is 35.5. The fourth-order valence-corrected chi connectivity index (χ4v) is 4.02. The molecule has 2 heterocycles. The fraction of sp³-hybridized carbons (Fsp3) is 0.632. The number of hydrogen-bond acceptors (Lipinski definition) is 3. The van der Waals surface area contributed by atoms with Gasteiger partial charge in [0.05, 0.1) is 0 Å². The molecule has 1 unspecified atom stereocenters. The lowest BCUT2D eigenvalue weighted by Gasteiger charge is -2.40. The first-order valence-corrected chi connectivity index (χ1v) is 9.44. The summed E-state index contributed by atoms with van der Waals surface area (Å²) in [6.45, 7) is 8.93. The number of halogens is 1. The van der Waals surface area contributed by atoms with E-state index < -0.39 is 0 Å². The maximum absolute atomic E-state index is 12.7. The average molecular weight is 350 g/mol. The molecular formula is C19H28ClN3O. The molecule has 1 aromatic rings. The number of piperidine rings is 1. The van der Waals surface area contributed by atoms with Crippen molar-refractivity contribution in [2.24, 2.45) is 5.92 Å². The lowest BCUT2D eigenvalue weighted by molar-refractivity contribution is -0.138. The largest absolute Gasteiger partial charge is 0.340 e. The molecule has 1 amide bonds. The molecular weight excluding hydrogens is 322 g/mol. The smallest absolute Gasteiger partial charge is 0.225 e. The molecule has 0 saturated carbocycles. The van der Waals surface area contributed by atoms with Crippen molar-refractivity contribution < 1.29 is 4.79 Å². The Balaban J connectivity index is 1.53. The summed E-state index contributed by atoms with van der Waals surface area (Å²) in [6.07, 6.45) is 1.95. The Morgan fingerprint density at radius 2 is 1.88 bits per heavy atom. The van der Waals surface area contributed by atoms with E-state index in [1.165, 1.54) is 5.56 Å². The summed E-state index contributed by atoms with van der Waals surface area (Å²) < 4.78 is 0. The van der Waals surface area contributed by atoms with Crippen LogP contribution in [0, 0.1) is 5.92 Å². The Bertz CT molecular complexity index is 554. The summed E-state index contributed by atoms with van der Waals surface area (Å²) in [5, 5.41) is 4.20. The van der Waals surface area contributed by atoms with E-state index in [0.717, 1.165) is 50.6 Å². The van der Waals surface area contributed by atoms with Gasteiger partial charge in [0.25, 0.3) is 0 Å². The summed E-state index contributed by atoms with van der Waals surface area (Å²) in [4.78, 5) is 17.3. The van der Waals surface area contributed by atoms with Crippen LogP contribution in [0.4, 0.5) is 0 Å². The van der Waals surface area contributed by atoms with Crippen LogP contribution in [0.15, 0.2) is 24.3 Å². The molecule has 2 fully saturated rings. The van der Waals surface area contributed by atoms with E-state index in [-0.39, 0.29) is 5.92 Å². The third-order valence-electron chi connectivity index (χ3n) is 5.50. The van der Waals surface area contributed by atoms with Crippen LogP contribution in [-0.4, -0.2) is 54.5 Å². The summed E-state index contributed by atoms with van der Waals surface area (Å²) in [5.74, 6) is 0.573. The van der Waals surface area contributed by atoms with Crippen LogP contribution in [0.5, 0.6) is 0 Å². The molecule has 1 N–H and O–H groups in total. The monoisotopic (exact) mass is 349 g/mol. The third kappa shape index (κ3) is 4.11. The van der Waals surface area contributed by atoms with Crippen molar-refractivity contribution >= 4 is 17.5 Å². The van der Waals surface area contributed by atoms with Gasteiger partial charge in [-0.3, -0.25) is 9.69 Å². The van der Waals surface area contributed by atoms with Gasteiger partial charge in [-0.1, -0.05) is 23.7 Å². The minimum absolute atomic E-state index is 0.210. The first kappa shape index (κ1) is 17.7. The minimum Gasteiger partial charge on any atom is -0.340 e. The molecule has 3 atom stereocenters. The van der Waals surface area contributed by atoms with Crippen molar-refractivity contribution in [2.75, 3.05) is 32.7 Å². The summed E-state index contributed by atoms with van der Waals surface area (Å²) in [6, 6.07) is 8.91. The van der Waals surface area contributed by atoms with Gasteiger partial charge in [-0.15, -0.1) is 0 Å². The zero-order valence-electron chi connectivity index (χ0n) is 14.7. The molecule has 0 aromatic heterocycles. The molecule has 0 radical (unpaired) electrons. The second-order valence-corrected chi connectivity index (χ2v) is 7.60. The number of carbonyl (C=O) groups excluding carboxylic acids is 1. The van der Waals surface area contributed by atoms with Crippen LogP contribution in [0.25, 0.3) is 0 Å². The Kier molecular flexibility index (Phi) is 5.80. The van der Waals surface area contributed by atoms with Crippen LogP contribution < -0.4 is 5.32 Å². The van der Waals surface area contributed by atoms with Gasteiger partial charge in [0, 0.05) is 49.2 Å². The number of nitrogens with zero attached hydrogens (tertiary/aromatic N) is 2. The molecule has 24 heavy (non-hydrogen) atoms. The fourth-order valence-electron chi connectivity index (χ4n) is 3.90. The lowest BCUT2D eigenvalue weighted by Crippen LogP contribution is -2.52. The quantitative estimate of drug-likeness (QED) is 0.911. The van der Waals surface area contributed by atoms with E-state index in [1.807, 2.05) is 12.1 Å². The first-order valence-electron chi connectivity index (χ1n) is 9.06. The van der Waals surface area contributed by atoms with Gasteiger partial charge < -0.3 is 10.2 Å². The second kappa shape index (κ2) is 7.85. The highest BCUT2D eigenvalue weighted by Crippen LogP contribution is 2.25. The number of benzene rings is 1. The molecule has 0 spiro atoms. The highest BCUT2D eigenvalue weighted by Gasteiger charge is 2.31. The Labute approximate surface area is 150 Å². The highest BCUT2D eigenvalue weighted by molar-refractivity contribution is 6.30.